The highest BCUT2D eigenvalue weighted by Crippen LogP contribution is 2.36. The van der Waals surface area contributed by atoms with Gasteiger partial charge in [0.05, 0.1) is 23.4 Å². The van der Waals surface area contributed by atoms with Crippen LogP contribution in [0.4, 0.5) is 10.5 Å². The van der Waals surface area contributed by atoms with Crippen LogP contribution in [0, 0.1) is 12.8 Å². The minimum Gasteiger partial charge on any atom is -0.488 e. The van der Waals surface area contributed by atoms with E-state index in [9.17, 15) is 4.79 Å². The average molecular weight is 557 g/mol. The highest BCUT2D eigenvalue weighted by Gasteiger charge is 2.48. The number of benzene rings is 2. The minimum atomic E-state index is -0.252. The number of thiophene rings is 1. The van der Waals surface area contributed by atoms with E-state index in [4.69, 9.17) is 9.47 Å². The van der Waals surface area contributed by atoms with E-state index in [1.54, 1.807) is 16.2 Å². The molecule has 4 heterocycles. The molecule has 0 radical (unpaired) electrons. The van der Waals surface area contributed by atoms with Crippen LogP contribution in [0.25, 0.3) is 0 Å². The van der Waals surface area contributed by atoms with Crippen molar-refractivity contribution in [3.63, 3.8) is 0 Å². The molecule has 1 amide bonds. The number of carbonyl (C=O) groups excluding carboxylic acids is 1. The van der Waals surface area contributed by atoms with Crippen LogP contribution in [0.5, 0.6) is 5.75 Å². The number of aryl methyl sites for hydroxylation is 1. The third kappa shape index (κ3) is 5.90. The van der Waals surface area contributed by atoms with Gasteiger partial charge in [0.25, 0.3) is 0 Å². The minimum absolute atomic E-state index is 0.0518. The van der Waals surface area contributed by atoms with Crippen molar-refractivity contribution in [2.45, 2.75) is 32.4 Å². The molecule has 6 rings (SSSR count). The van der Waals surface area contributed by atoms with E-state index >= 15 is 0 Å². The summed E-state index contributed by atoms with van der Waals surface area (Å²) in [5.74, 6) is 1.36. The predicted octanol–water partition coefficient (Wildman–Crippen LogP) is 6.65. The zero-order valence-corrected chi connectivity index (χ0v) is 22.5. The Bertz CT molecular complexity index is 1140. The summed E-state index contributed by atoms with van der Waals surface area (Å²) >= 11 is 5.19. The lowest BCUT2D eigenvalue weighted by Gasteiger charge is -2.52. The number of piperidine rings is 3. The summed E-state index contributed by atoms with van der Waals surface area (Å²) in [7, 11) is 0. The topological polar surface area (TPSA) is 38.8 Å². The Balaban J connectivity index is 1.26. The maximum atomic E-state index is 13.6. The molecule has 1 atom stereocenters. The van der Waals surface area contributed by atoms with E-state index in [0.29, 0.717) is 19.1 Å². The fourth-order valence-corrected chi connectivity index (χ4v) is 6.86. The Kier molecular flexibility index (Phi) is 7.46. The molecule has 3 aliphatic rings. The number of hydrogen-bond donors (Lipinski definition) is 0. The van der Waals surface area contributed by atoms with Crippen molar-refractivity contribution in [3.05, 3.63) is 81.0 Å². The molecule has 7 heteroatoms. The first-order chi connectivity index (χ1) is 17.0. The number of para-hydroxylation sites is 1. The molecule has 184 valence electrons. The number of halogens is 1. The number of hydrogen-bond acceptors (Lipinski definition) is 4. The van der Waals surface area contributed by atoms with Crippen molar-refractivity contribution in [3.8, 4) is 5.75 Å². The summed E-state index contributed by atoms with van der Waals surface area (Å²) in [6.07, 6.45) is 1.90. The number of amides is 1. The van der Waals surface area contributed by atoms with Gasteiger partial charge in [-0.15, -0.1) is 11.3 Å². The smallest absolute Gasteiger partial charge is 0.415 e. The molecule has 3 saturated heterocycles. The van der Waals surface area contributed by atoms with Crippen molar-refractivity contribution in [1.82, 2.24) is 0 Å². The maximum absolute atomic E-state index is 13.6. The van der Waals surface area contributed by atoms with Crippen LogP contribution in [-0.2, 0) is 11.3 Å². The van der Waals surface area contributed by atoms with Crippen LogP contribution in [0.2, 0.25) is 0 Å². The van der Waals surface area contributed by atoms with Gasteiger partial charge in [0.15, 0.2) is 6.10 Å². The van der Waals surface area contributed by atoms with Crippen LogP contribution in [0.3, 0.4) is 0 Å². The van der Waals surface area contributed by atoms with Crippen molar-refractivity contribution in [1.29, 1.82) is 0 Å². The number of ether oxygens (including phenoxy) is 2. The van der Waals surface area contributed by atoms with E-state index in [2.05, 4.69) is 28.1 Å². The molecular formula is C28H32BrN2O3S+. The highest BCUT2D eigenvalue weighted by molar-refractivity contribution is 9.11. The molecule has 0 saturated carbocycles. The monoisotopic (exact) mass is 555 g/mol. The maximum Gasteiger partial charge on any atom is 0.415 e. The van der Waals surface area contributed by atoms with E-state index < -0.39 is 0 Å². The molecule has 0 aliphatic carbocycles. The van der Waals surface area contributed by atoms with Gasteiger partial charge in [-0.2, -0.15) is 0 Å². The number of fused-ring (bicyclic) bond motifs is 3. The Morgan fingerprint density at radius 3 is 2.60 bits per heavy atom. The van der Waals surface area contributed by atoms with Crippen LogP contribution in [-0.4, -0.2) is 49.5 Å². The zero-order chi connectivity index (χ0) is 24.3. The molecule has 0 unspecified atom stereocenters. The standard InChI is InChI=1S/C28H32BrN2O3S/c1-21-6-5-7-23(18-21)30(19-25-10-11-27(29)35-25)28(32)34-26-20-31(14-12-22(26)13-15-31)16-17-33-24-8-3-2-4-9-24/h2-11,18,22,26H,12-17,19-20H2,1H3/q+1/t22?,26-,31?/m0/s1. The molecule has 2 aromatic carbocycles. The number of anilines is 1. The number of quaternary nitrogens is 1. The summed E-state index contributed by atoms with van der Waals surface area (Å²) < 4.78 is 14.3. The Morgan fingerprint density at radius 1 is 1.09 bits per heavy atom. The largest absolute Gasteiger partial charge is 0.488 e. The molecular weight excluding hydrogens is 524 g/mol. The van der Waals surface area contributed by atoms with E-state index in [-0.39, 0.29) is 12.2 Å². The van der Waals surface area contributed by atoms with Crippen molar-refractivity contribution in [2.75, 3.05) is 37.7 Å². The summed E-state index contributed by atoms with van der Waals surface area (Å²) in [4.78, 5) is 16.5. The fraction of sp³-hybridized carbons (Fsp3) is 0.393. The lowest BCUT2D eigenvalue weighted by molar-refractivity contribution is -0.946. The second-order valence-electron chi connectivity index (χ2n) is 9.75. The molecule has 35 heavy (non-hydrogen) atoms. The molecule has 0 N–H and O–H groups in total. The summed E-state index contributed by atoms with van der Waals surface area (Å²) in [6.45, 7) is 7.33. The first kappa shape index (κ1) is 24.3. The second-order valence-corrected chi connectivity index (χ2v) is 12.3. The van der Waals surface area contributed by atoms with E-state index in [1.807, 2.05) is 61.5 Å². The van der Waals surface area contributed by atoms with Crippen molar-refractivity contribution < 1.29 is 18.8 Å². The third-order valence-corrected chi connectivity index (χ3v) is 8.96. The predicted molar refractivity (Wildman–Crippen MR) is 144 cm³/mol. The van der Waals surface area contributed by atoms with Gasteiger partial charge in [0.2, 0.25) is 0 Å². The van der Waals surface area contributed by atoms with Gasteiger partial charge in [-0.05, 0) is 64.8 Å². The highest BCUT2D eigenvalue weighted by atomic mass is 79.9. The molecule has 2 bridgehead atoms. The summed E-state index contributed by atoms with van der Waals surface area (Å²) in [5.41, 5.74) is 2.00. The summed E-state index contributed by atoms with van der Waals surface area (Å²) in [5, 5.41) is 0. The van der Waals surface area contributed by atoms with Crippen LogP contribution < -0.4 is 9.64 Å². The van der Waals surface area contributed by atoms with Gasteiger partial charge in [0.1, 0.15) is 25.4 Å². The van der Waals surface area contributed by atoms with Gasteiger partial charge in [0, 0.05) is 29.3 Å². The van der Waals surface area contributed by atoms with Crippen LogP contribution in [0.1, 0.15) is 23.3 Å². The number of carbonyl (C=O) groups is 1. The Morgan fingerprint density at radius 2 is 1.89 bits per heavy atom. The quantitative estimate of drug-likeness (QED) is 0.292. The first-order valence-corrected chi connectivity index (χ1v) is 13.9. The SMILES string of the molecule is Cc1cccc(N(Cc2ccc(Br)s2)C(=O)O[C@H]2C[N+]3(CCOc4ccccc4)CCC2CC3)c1. The lowest BCUT2D eigenvalue weighted by atomic mass is 9.83. The van der Waals surface area contributed by atoms with Crippen LogP contribution in [0.15, 0.2) is 70.5 Å². The van der Waals surface area contributed by atoms with Crippen molar-refractivity contribution >= 4 is 39.0 Å². The molecule has 3 fully saturated rings. The molecule has 0 spiro atoms. The van der Waals surface area contributed by atoms with E-state index in [1.165, 1.54) is 0 Å². The summed E-state index contributed by atoms with van der Waals surface area (Å²) in [6, 6.07) is 22.2. The average Bonchev–Trinajstić information content (AvgIpc) is 3.28. The first-order valence-electron chi connectivity index (χ1n) is 12.3. The molecule has 3 aliphatic heterocycles. The van der Waals surface area contributed by atoms with Gasteiger partial charge in [-0.1, -0.05) is 30.3 Å². The Labute approximate surface area is 220 Å². The fourth-order valence-electron chi connectivity index (χ4n) is 5.39. The number of nitrogens with zero attached hydrogens (tertiary/aromatic N) is 2. The van der Waals surface area contributed by atoms with Gasteiger partial charge >= 0.3 is 6.09 Å². The van der Waals surface area contributed by atoms with E-state index in [0.717, 1.165) is 69.2 Å². The molecule has 5 nitrogen and oxygen atoms in total. The second kappa shape index (κ2) is 10.7. The Hall–Kier alpha value is -2.35. The molecule has 3 aromatic rings. The van der Waals surface area contributed by atoms with Gasteiger partial charge in [-0.3, -0.25) is 4.90 Å². The normalized spacial score (nSPS) is 23.1. The zero-order valence-electron chi connectivity index (χ0n) is 20.1. The van der Waals surface area contributed by atoms with Gasteiger partial charge in [-0.25, -0.2) is 4.79 Å². The third-order valence-electron chi connectivity index (χ3n) is 7.35. The lowest BCUT2D eigenvalue weighted by Crippen LogP contribution is -2.65. The number of rotatable bonds is 8. The van der Waals surface area contributed by atoms with Gasteiger partial charge < -0.3 is 14.0 Å². The molecule has 1 aromatic heterocycles. The van der Waals surface area contributed by atoms with Crippen molar-refractivity contribution in [2.24, 2.45) is 5.92 Å². The van der Waals surface area contributed by atoms with Crippen LogP contribution >= 0.6 is 27.3 Å².